The maximum atomic E-state index is 9.50. The van der Waals surface area contributed by atoms with Gasteiger partial charge in [0.1, 0.15) is 0 Å². The molecule has 0 amide bonds. The first-order valence-corrected chi connectivity index (χ1v) is 5.87. The maximum Gasteiger partial charge on any atom is 0.161 e. The van der Waals surface area contributed by atoms with Crippen LogP contribution < -0.4 is 10.1 Å². The Morgan fingerprint density at radius 1 is 1.53 bits per heavy atom. The van der Waals surface area contributed by atoms with Crippen molar-refractivity contribution in [1.29, 1.82) is 0 Å². The van der Waals surface area contributed by atoms with Crippen LogP contribution in [0.1, 0.15) is 26.3 Å². The number of methoxy groups -OCH3 is 1. The predicted octanol–water partition coefficient (Wildman–Crippen LogP) is 2.80. The number of phenols is 1. The highest BCUT2D eigenvalue weighted by Crippen LogP contribution is 2.27. The Balaban J connectivity index is 2.90. The Morgan fingerprint density at radius 2 is 2.24 bits per heavy atom. The van der Waals surface area contributed by atoms with Crippen LogP contribution in [0.4, 0.5) is 0 Å². The Bertz CT molecular complexity index is 399. The highest BCUT2D eigenvalue weighted by atomic mass is 16.5. The lowest BCUT2D eigenvalue weighted by Gasteiger charge is -2.13. The summed E-state index contributed by atoms with van der Waals surface area (Å²) in [4.78, 5) is 0. The van der Waals surface area contributed by atoms with E-state index >= 15 is 0 Å². The van der Waals surface area contributed by atoms with Crippen molar-refractivity contribution < 1.29 is 9.84 Å². The first-order valence-electron chi connectivity index (χ1n) is 5.87. The molecule has 0 spiro atoms. The maximum absolute atomic E-state index is 9.50. The van der Waals surface area contributed by atoms with Gasteiger partial charge in [-0.1, -0.05) is 24.6 Å². The zero-order chi connectivity index (χ0) is 12.8. The number of ether oxygens (including phenoxy) is 1. The number of likely N-dealkylation sites (N-methyl/N-ethyl adjacent to an activating group) is 1. The highest BCUT2D eigenvalue weighted by molar-refractivity contribution is 5.58. The monoisotopic (exact) mass is 235 g/mol. The summed E-state index contributed by atoms with van der Waals surface area (Å²) in [5, 5.41) is 12.9. The Hall–Kier alpha value is -1.48. The van der Waals surface area contributed by atoms with Crippen molar-refractivity contribution in [2.45, 2.75) is 26.8 Å². The molecule has 0 aliphatic rings. The lowest BCUT2D eigenvalue weighted by Crippen LogP contribution is -2.26. The van der Waals surface area contributed by atoms with Gasteiger partial charge in [0.2, 0.25) is 0 Å². The molecule has 0 saturated heterocycles. The summed E-state index contributed by atoms with van der Waals surface area (Å²) < 4.78 is 5.08. The van der Waals surface area contributed by atoms with E-state index < -0.39 is 0 Å². The van der Waals surface area contributed by atoms with Crippen LogP contribution in [0.5, 0.6) is 11.5 Å². The quantitative estimate of drug-likeness (QED) is 0.824. The van der Waals surface area contributed by atoms with E-state index in [1.807, 2.05) is 12.1 Å². The van der Waals surface area contributed by atoms with E-state index in [2.05, 4.69) is 32.2 Å². The van der Waals surface area contributed by atoms with Crippen LogP contribution in [0.25, 0.3) is 6.08 Å². The first kappa shape index (κ1) is 13.6. The second-order valence-corrected chi connectivity index (χ2v) is 4.10. The molecule has 1 aromatic carbocycles. The number of aromatic hydroxyl groups is 1. The number of hydrogen-bond acceptors (Lipinski definition) is 3. The zero-order valence-electron chi connectivity index (χ0n) is 10.9. The van der Waals surface area contributed by atoms with E-state index in [1.54, 1.807) is 13.2 Å². The van der Waals surface area contributed by atoms with Crippen LogP contribution in [0.3, 0.4) is 0 Å². The number of rotatable bonds is 5. The van der Waals surface area contributed by atoms with E-state index in [1.165, 1.54) is 5.57 Å². The van der Waals surface area contributed by atoms with Gasteiger partial charge >= 0.3 is 0 Å². The van der Waals surface area contributed by atoms with Crippen LogP contribution in [0.15, 0.2) is 23.8 Å². The van der Waals surface area contributed by atoms with Gasteiger partial charge in [0.05, 0.1) is 7.11 Å². The second kappa shape index (κ2) is 6.30. The van der Waals surface area contributed by atoms with E-state index in [-0.39, 0.29) is 5.75 Å². The van der Waals surface area contributed by atoms with Crippen molar-refractivity contribution in [3.8, 4) is 11.5 Å². The van der Waals surface area contributed by atoms with Crippen LogP contribution in [0.2, 0.25) is 0 Å². The summed E-state index contributed by atoms with van der Waals surface area (Å²) in [7, 11) is 1.55. The van der Waals surface area contributed by atoms with Gasteiger partial charge in [-0.3, -0.25) is 0 Å². The minimum Gasteiger partial charge on any atom is -0.504 e. The van der Waals surface area contributed by atoms with Crippen LogP contribution >= 0.6 is 0 Å². The minimum absolute atomic E-state index is 0.169. The van der Waals surface area contributed by atoms with Gasteiger partial charge in [0.25, 0.3) is 0 Å². The molecule has 0 aromatic heterocycles. The number of benzene rings is 1. The zero-order valence-corrected chi connectivity index (χ0v) is 10.9. The minimum atomic E-state index is 0.169. The van der Waals surface area contributed by atoms with Gasteiger partial charge < -0.3 is 15.2 Å². The van der Waals surface area contributed by atoms with E-state index in [0.717, 1.165) is 12.1 Å². The first-order chi connectivity index (χ1) is 8.08. The molecule has 0 fully saturated rings. The van der Waals surface area contributed by atoms with Gasteiger partial charge in [0.15, 0.2) is 11.5 Å². The summed E-state index contributed by atoms with van der Waals surface area (Å²) >= 11 is 0. The SMILES string of the molecule is CCNC(C)/C(C)=C/c1ccc(O)c(OC)c1. The third kappa shape index (κ3) is 3.79. The third-order valence-corrected chi connectivity index (χ3v) is 2.79. The van der Waals surface area contributed by atoms with Crippen molar-refractivity contribution >= 4 is 6.08 Å². The van der Waals surface area contributed by atoms with Crippen molar-refractivity contribution in [2.75, 3.05) is 13.7 Å². The van der Waals surface area contributed by atoms with Crippen LogP contribution in [-0.2, 0) is 0 Å². The molecule has 0 aliphatic heterocycles. The molecule has 0 saturated carbocycles. The van der Waals surface area contributed by atoms with Gasteiger partial charge in [-0.2, -0.15) is 0 Å². The fourth-order valence-electron chi connectivity index (χ4n) is 1.64. The average molecular weight is 235 g/mol. The third-order valence-electron chi connectivity index (χ3n) is 2.79. The molecule has 1 rings (SSSR count). The van der Waals surface area contributed by atoms with Gasteiger partial charge in [-0.05, 0) is 38.1 Å². The molecule has 94 valence electrons. The van der Waals surface area contributed by atoms with Crippen LogP contribution in [0, 0.1) is 0 Å². The molecule has 2 N–H and O–H groups in total. The predicted molar refractivity (Wildman–Crippen MR) is 71.4 cm³/mol. The second-order valence-electron chi connectivity index (χ2n) is 4.10. The number of phenolic OH excluding ortho intramolecular Hbond substituents is 1. The molecule has 0 radical (unpaired) electrons. The number of nitrogens with one attached hydrogen (secondary N) is 1. The lowest BCUT2D eigenvalue weighted by atomic mass is 10.1. The fraction of sp³-hybridized carbons (Fsp3) is 0.429. The van der Waals surface area contributed by atoms with Gasteiger partial charge in [-0.15, -0.1) is 0 Å². The molecule has 1 atom stereocenters. The van der Waals surface area contributed by atoms with Gasteiger partial charge in [0, 0.05) is 6.04 Å². The molecular weight excluding hydrogens is 214 g/mol. The van der Waals surface area contributed by atoms with Crippen molar-refractivity contribution in [3.05, 3.63) is 29.3 Å². The van der Waals surface area contributed by atoms with Crippen molar-refractivity contribution in [3.63, 3.8) is 0 Å². The van der Waals surface area contributed by atoms with Crippen LogP contribution in [-0.4, -0.2) is 24.8 Å². The molecule has 0 heterocycles. The molecule has 0 bridgehead atoms. The summed E-state index contributed by atoms with van der Waals surface area (Å²) in [6.07, 6.45) is 2.09. The molecule has 0 aliphatic carbocycles. The fourth-order valence-corrected chi connectivity index (χ4v) is 1.64. The topological polar surface area (TPSA) is 41.5 Å². The molecule has 3 heteroatoms. The van der Waals surface area contributed by atoms with E-state index in [9.17, 15) is 5.11 Å². The molecule has 1 unspecified atom stereocenters. The smallest absolute Gasteiger partial charge is 0.161 e. The summed E-state index contributed by atoms with van der Waals surface area (Å²) in [5.41, 5.74) is 2.28. The molecule has 1 aromatic rings. The van der Waals surface area contributed by atoms with Crippen molar-refractivity contribution in [1.82, 2.24) is 5.32 Å². The van der Waals surface area contributed by atoms with E-state index in [4.69, 9.17) is 4.74 Å². The van der Waals surface area contributed by atoms with Crippen molar-refractivity contribution in [2.24, 2.45) is 0 Å². The Kier molecular flexibility index (Phi) is 5.04. The lowest BCUT2D eigenvalue weighted by molar-refractivity contribution is 0.373. The van der Waals surface area contributed by atoms with Gasteiger partial charge in [-0.25, -0.2) is 0 Å². The molecule has 17 heavy (non-hydrogen) atoms. The summed E-state index contributed by atoms with van der Waals surface area (Å²) in [5.74, 6) is 0.671. The summed E-state index contributed by atoms with van der Waals surface area (Å²) in [6.45, 7) is 7.26. The van der Waals surface area contributed by atoms with E-state index in [0.29, 0.717) is 11.8 Å². The Labute approximate surface area is 103 Å². The number of hydrogen-bond donors (Lipinski definition) is 2. The summed E-state index contributed by atoms with van der Waals surface area (Å²) in [6, 6.07) is 5.70. The molecule has 3 nitrogen and oxygen atoms in total. The average Bonchev–Trinajstić information content (AvgIpc) is 2.31. The normalized spacial score (nSPS) is 13.5. The largest absolute Gasteiger partial charge is 0.504 e. The Morgan fingerprint density at radius 3 is 2.82 bits per heavy atom. The molecular formula is C14H21NO2. The highest BCUT2D eigenvalue weighted by Gasteiger charge is 2.04. The standard InChI is InChI=1S/C14H21NO2/c1-5-15-11(3)10(2)8-12-6-7-13(16)14(9-12)17-4/h6-9,11,15-16H,5H2,1-4H3/b10-8+.